The standard InChI is InChI=1S/C26H33N3O3S2/c1-20(30)29-13-5-15-33-26-10-9-24(16-25(26)29)34(31,32)28-12-4-6-21(18-28)17-27-14-11-22-7-2-3-8-23(22)19-27/h2-3,7-10,16,21H,4-6,11-15,17-19H2,1H3. The highest BCUT2D eigenvalue weighted by atomic mass is 32.2. The molecule has 1 amide bonds. The van der Waals surface area contributed by atoms with Gasteiger partial charge in [-0.05, 0) is 66.7 Å². The second-order valence-corrected chi connectivity index (χ2v) is 12.7. The third-order valence-electron chi connectivity index (χ3n) is 7.23. The first kappa shape index (κ1) is 23.9. The van der Waals surface area contributed by atoms with Gasteiger partial charge in [0.2, 0.25) is 15.9 Å². The molecule has 34 heavy (non-hydrogen) atoms. The number of carbonyl (C=O) groups is 1. The van der Waals surface area contributed by atoms with Gasteiger partial charge in [-0.1, -0.05) is 24.3 Å². The summed E-state index contributed by atoms with van der Waals surface area (Å²) < 4.78 is 28.9. The molecular weight excluding hydrogens is 466 g/mol. The van der Waals surface area contributed by atoms with Crippen LogP contribution in [0.1, 0.15) is 37.3 Å². The molecule has 3 aliphatic heterocycles. The van der Waals surface area contributed by atoms with Crippen LogP contribution >= 0.6 is 11.8 Å². The number of amides is 1. The highest BCUT2D eigenvalue weighted by Crippen LogP contribution is 2.37. The minimum atomic E-state index is -3.61. The van der Waals surface area contributed by atoms with E-state index < -0.39 is 10.0 Å². The zero-order valence-electron chi connectivity index (χ0n) is 19.8. The van der Waals surface area contributed by atoms with Gasteiger partial charge in [0.05, 0.1) is 10.6 Å². The molecule has 0 radical (unpaired) electrons. The molecule has 6 nitrogen and oxygen atoms in total. The molecule has 182 valence electrons. The first-order chi connectivity index (χ1) is 16.4. The fraction of sp³-hybridized carbons (Fsp3) is 0.500. The van der Waals surface area contributed by atoms with E-state index >= 15 is 0 Å². The van der Waals surface area contributed by atoms with Gasteiger partial charge < -0.3 is 4.90 Å². The largest absolute Gasteiger partial charge is 0.311 e. The number of carbonyl (C=O) groups excluding carboxylic acids is 1. The van der Waals surface area contributed by atoms with E-state index in [0.717, 1.165) is 61.7 Å². The lowest BCUT2D eigenvalue weighted by Crippen LogP contribution is -2.44. The molecule has 0 N–H and O–H groups in total. The van der Waals surface area contributed by atoms with E-state index in [4.69, 9.17) is 0 Å². The van der Waals surface area contributed by atoms with Gasteiger partial charge in [-0.25, -0.2) is 8.42 Å². The van der Waals surface area contributed by atoms with Crippen molar-refractivity contribution in [1.29, 1.82) is 0 Å². The molecule has 2 aromatic carbocycles. The van der Waals surface area contributed by atoms with Crippen LogP contribution in [0.2, 0.25) is 0 Å². The van der Waals surface area contributed by atoms with Gasteiger partial charge in [-0.2, -0.15) is 4.31 Å². The summed E-state index contributed by atoms with van der Waals surface area (Å²) in [6.07, 6.45) is 3.90. The van der Waals surface area contributed by atoms with Crippen molar-refractivity contribution in [2.45, 2.75) is 48.9 Å². The third-order valence-corrected chi connectivity index (χ3v) is 10.2. The van der Waals surface area contributed by atoms with Gasteiger partial charge in [0, 0.05) is 51.1 Å². The lowest BCUT2D eigenvalue weighted by Gasteiger charge is -2.36. The molecule has 0 bridgehead atoms. The molecule has 0 saturated carbocycles. The van der Waals surface area contributed by atoms with Gasteiger partial charge in [0.25, 0.3) is 0 Å². The number of hydrogen-bond acceptors (Lipinski definition) is 5. The molecule has 2 aromatic rings. The monoisotopic (exact) mass is 499 g/mol. The summed E-state index contributed by atoms with van der Waals surface area (Å²) in [7, 11) is -3.61. The van der Waals surface area contributed by atoms with E-state index in [2.05, 4.69) is 29.2 Å². The SMILES string of the molecule is CC(=O)N1CCCSc2ccc(S(=O)(=O)N3CCCC(CN4CCc5ccccc5C4)C3)cc21. The first-order valence-electron chi connectivity index (χ1n) is 12.3. The predicted octanol–water partition coefficient (Wildman–Crippen LogP) is 3.99. The van der Waals surface area contributed by atoms with Crippen molar-refractivity contribution in [1.82, 2.24) is 9.21 Å². The summed E-state index contributed by atoms with van der Waals surface area (Å²) in [6.45, 7) is 6.21. The number of nitrogens with zero attached hydrogens (tertiary/aromatic N) is 3. The van der Waals surface area contributed by atoms with Crippen molar-refractivity contribution < 1.29 is 13.2 Å². The van der Waals surface area contributed by atoms with Crippen molar-refractivity contribution in [2.24, 2.45) is 5.92 Å². The Morgan fingerprint density at radius 3 is 2.71 bits per heavy atom. The number of rotatable bonds is 4. The van der Waals surface area contributed by atoms with E-state index in [0.29, 0.717) is 30.4 Å². The molecule has 3 aliphatic rings. The van der Waals surface area contributed by atoms with Crippen LogP contribution in [-0.4, -0.2) is 62.0 Å². The number of thioether (sulfide) groups is 1. The van der Waals surface area contributed by atoms with Crippen molar-refractivity contribution in [2.75, 3.05) is 43.4 Å². The second kappa shape index (κ2) is 10.0. The van der Waals surface area contributed by atoms with Crippen LogP contribution < -0.4 is 4.90 Å². The summed E-state index contributed by atoms with van der Waals surface area (Å²) in [5.74, 6) is 1.22. The van der Waals surface area contributed by atoms with Crippen LogP contribution in [0.3, 0.4) is 0 Å². The van der Waals surface area contributed by atoms with E-state index in [-0.39, 0.29) is 5.91 Å². The summed E-state index contributed by atoms with van der Waals surface area (Å²) >= 11 is 1.69. The molecule has 1 unspecified atom stereocenters. The Hall–Kier alpha value is -1.87. The Labute approximate surface area is 207 Å². The van der Waals surface area contributed by atoms with Crippen LogP contribution in [0.4, 0.5) is 5.69 Å². The van der Waals surface area contributed by atoms with Crippen LogP contribution in [0.5, 0.6) is 0 Å². The van der Waals surface area contributed by atoms with Crippen molar-refractivity contribution in [3.63, 3.8) is 0 Å². The van der Waals surface area contributed by atoms with E-state index in [9.17, 15) is 13.2 Å². The maximum Gasteiger partial charge on any atom is 0.243 e. The Kier molecular flexibility index (Phi) is 7.02. The number of sulfonamides is 1. The number of hydrogen-bond donors (Lipinski definition) is 0. The highest BCUT2D eigenvalue weighted by molar-refractivity contribution is 7.99. The Morgan fingerprint density at radius 2 is 1.88 bits per heavy atom. The molecule has 5 rings (SSSR count). The summed E-state index contributed by atoms with van der Waals surface area (Å²) in [6, 6.07) is 13.9. The quantitative estimate of drug-likeness (QED) is 0.637. The maximum atomic E-state index is 13.6. The summed E-state index contributed by atoms with van der Waals surface area (Å²) in [5, 5.41) is 0. The normalized spacial score (nSPS) is 22.0. The zero-order valence-corrected chi connectivity index (χ0v) is 21.4. The van der Waals surface area contributed by atoms with Crippen LogP contribution in [0, 0.1) is 5.92 Å². The second-order valence-electron chi connectivity index (χ2n) is 9.63. The molecule has 0 aliphatic carbocycles. The minimum Gasteiger partial charge on any atom is -0.311 e. The average Bonchev–Trinajstić information content (AvgIpc) is 3.06. The first-order valence-corrected chi connectivity index (χ1v) is 14.7. The topological polar surface area (TPSA) is 60.9 Å². The minimum absolute atomic E-state index is 0.0422. The van der Waals surface area contributed by atoms with E-state index in [1.165, 1.54) is 11.1 Å². The number of piperidine rings is 1. The zero-order chi connectivity index (χ0) is 23.7. The fourth-order valence-electron chi connectivity index (χ4n) is 5.46. The van der Waals surface area contributed by atoms with Crippen LogP contribution in [0.25, 0.3) is 0 Å². The van der Waals surface area contributed by atoms with Crippen molar-refractivity contribution in [3.05, 3.63) is 53.6 Å². The predicted molar refractivity (Wildman–Crippen MR) is 137 cm³/mol. The van der Waals surface area contributed by atoms with E-state index in [1.54, 1.807) is 40.0 Å². The van der Waals surface area contributed by atoms with Crippen molar-refractivity contribution in [3.8, 4) is 0 Å². The van der Waals surface area contributed by atoms with Gasteiger partial charge in [-0.15, -0.1) is 11.8 Å². The smallest absolute Gasteiger partial charge is 0.243 e. The number of benzene rings is 2. The van der Waals surface area contributed by atoms with Crippen LogP contribution in [-0.2, 0) is 27.8 Å². The fourth-order valence-corrected chi connectivity index (χ4v) is 8.01. The Bertz CT molecular complexity index is 1170. The van der Waals surface area contributed by atoms with Gasteiger partial charge in [0.15, 0.2) is 0 Å². The lowest BCUT2D eigenvalue weighted by molar-refractivity contribution is -0.116. The summed E-state index contributed by atoms with van der Waals surface area (Å²) in [5.41, 5.74) is 3.57. The molecule has 0 aromatic heterocycles. The van der Waals surface area contributed by atoms with E-state index in [1.807, 2.05) is 6.07 Å². The maximum absolute atomic E-state index is 13.6. The molecule has 1 atom stereocenters. The average molecular weight is 500 g/mol. The molecule has 8 heteroatoms. The van der Waals surface area contributed by atoms with Crippen LogP contribution in [0.15, 0.2) is 52.3 Å². The Morgan fingerprint density at radius 1 is 1.06 bits per heavy atom. The number of anilines is 1. The Balaban J connectivity index is 1.31. The third kappa shape index (κ3) is 4.91. The molecule has 1 fully saturated rings. The van der Waals surface area contributed by atoms with Gasteiger partial charge in [0.1, 0.15) is 0 Å². The van der Waals surface area contributed by atoms with Gasteiger partial charge >= 0.3 is 0 Å². The summed E-state index contributed by atoms with van der Waals surface area (Å²) in [4.78, 5) is 17.7. The molecular formula is C26H33N3O3S2. The molecule has 3 heterocycles. The number of fused-ring (bicyclic) bond motifs is 2. The lowest BCUT2D eigenvalue weighted by atomic mass is 9.95. The van der Waals surface area contributed by atoms with Crippen molar-refractivity contribution >= 4 is 33.4 Å². The molecule has 0 spiro atoms. The van der Waals surface area contributed by atoms with Gasteiger partial charge in [-0.3, -0.25) is 9.69 Å². The highest BCUT2D eigenvalue weighted by Gasteiger charge is 2.32. The molecule has 1 saturated heterocycles.